The number of ether oxygens (including phenoxy) is 3. The Morgan fingerprint density at radius 2 is 2.12 bits per heavy atom. The van der Waals surface area contributed by atoms with Crippen molar-refractivity contribution >= 4 is 11.9 Å². The number of carbonyl (C=O) groups excluding carboxylic acids is 2. The van der Waals surface area contributed by atoms with Gasteiger partial charge in [0.1, 0.15) is 6.10 Å². The Kier molecular flexibility index (Phi) is 5.66. The van der Waals surface area contributed by atoms with E-state index in [-0.39, 0.29) is 42.2 Å². The first-order chi connectivity index (χ1) is 12.5. The molecular weight excluding hydrogens is 338 g/mol. The molecule has 0 spiro atoms. The highest BCUT2D eigenvalue weighted by atomic mass is 16.5. The van der Waals surface area contributed by atoms with Gasteiger partial charge in [0.25, 0.3) is 0 Å². The lowest BCUT2D eigenvalue weighted by molar-refractivity contribution is -0.148. The molecule has 3 atom stereocenters. The van der Waals surface area contributed by atoms with Gasteiger partial charge < -0.3 is 19.3 Å². The van der Waals surface area contributed by atoms with Crippen LogP contribution in [0.25, 0.3) is 0 Å². The van der Waals surface area contributed by atoms with Crippen LogP contribution in [0.15, 0.2) is 18.2 Å². The van der Waals surface area contributed by atoms with Crippen molar-refractivity contribution in [1.29, 1.82) is 0 Å². The summed E-state index contributed by atoms with van der Waals surface area (Å²) in [5.74, 6) is -0.0802. The number of nitrogens with zero attached hydrogens (tertiary/aromatic N) is 1. The molecule has 1 aromatic carbocycles. The van der Waals surface area contributed by atoms with Gasteiger partial charge in [-0.2, -0.15) is 0 Å². The van der Waals surface area contributed by atoms with Gasteiger partial charge in [0.15, 0.2) is 11.5 Å². The van der Waals surface area contributed by atoms with Crippen molar-refractivity contribution in [3.05, 3.63) is 23.8 Å². The number of aryl methyl sites for hydroxylation is 1. The molecule has 1 N–H and O–H groups in total. The Labute approximate surface area is 152 Å². The van der Waals surface area contributed by atoms with E-state index in [4.69, 9.17) is 14.2 Å². The quantitative estimate of drug-likeness (QED) is 0.767. The molecule has 0 aliphatic carbocycles. The zero-order valence-electron chi connectivity index (χ0n) is 15.1. The highest BCUT2D eigenvalue weighted by Gasteiger charge is 2.46. The average Bonchev–Trinajstić information content (AvgIpc) is 3.20. The van der Waals surface area contributed by atoms with Crippen LogP contribution in [0, 0.1) is 5.92 Å². The summed E-state index contributed by atoms with van der Waals surface area (Å²) < 4.78 is 15.5. The molecule has 0 amide bonds. The molecule has 7 nitrogen and oxygen atoms in total. The monoisotopic (exact) mass is 363 g/mol. The van der Waals surface area contributed by atoms with Gasteiger partial charge in [0.05, 0.1) is 20.1 Å². The molecule has 2 aliphatic heterocycles. The molecule has 7 heteroatoms. The molecule has 2 heterocycles. The van der Waals surface area contributed by atoms with E-state index in [2.05, 4.69) is 4.90 Å². The van der Waals surface area contributed by atoms with Crippen molar-refractivity contribution in [1.82, 2.24) is 4.90 Å². The normalized spacial score (nSPS) is 24.9. The van der Waals surface area contributed by atoms with Crippen LogP contribution in [-0.2, 0) is 25.5 Å². The Hall–Kier alpha value is -2.28. The summed E-state index contributed by atoms with van der Waals surface area (Å²) in [4.78, 5) is 26.2. The summed E-state index contributed by atoms with van der Waals surface area (Å²) in [6, 6.07) is 5.15. The standard InChI is InChI=1S/C19H25NO6/c1-24-17-9-12(3-5-16(17)21)4-6-18(22)26-13-10-15-14(19(23)25-2)7-8-20(15)11-13/h3,5,9,13-15,21H,4,6-8,10-11H2,1-2H3/t13-,14-,15+/m0/s1. The summed E-state index contributed by atoms with van der Waals surface area (Å²) in [6.45, 7) is 1.52. The number of esters is 2. The molecule has 2 saturated heterocycles. The van der Waals surface area contributed by atoms with E-state index < -0.39 is 0 Å². The van der Waals surface area contributed by atoms with Crippen LogP contribution in [-0.4, -0.2) is 61.4 Å². The minimum atomic E-state index is -0.252. The summed E-state index contributed by atoms with van der Waals surface area (Å²) in [6.07, 6.45) is 2.09. The number of rotatable bonds is 6. The number of benzene rings is 1. The molecule has 0 bridgehead atoms. The van der Waals surface area contributed by atoms with Gasteiger partial charge in [0.2, 0.25) is 0 Å². The Morgan fingerprint density at radius 1 is 1.31 bits per heavy atom. The topological polar surface area (TPSA) is 85.3 Å². The summed E-state index contributed by atoms with van der Waals surface area (Å²) in [7, 11) is 2.90. The Balaban J connectivity index is 1.48. The minimum Gasteiger partial charge on any atom is -0.504 e. The van der Waals surface area contributed by atoms with E-state index in [9.17, 15) is 14.7 Å². The van der Waals surface area contributed by atoms with E-state index in [1.807, 2.05) is 0 Å². The van der Waals surface area contributed by atoms with Gasteiger partial charge in [-0.15, -0.1) is 0 Å². The van der Waals surface area contributed by atoms with Crippen molar-refractivity contribution in [2.45, 2.75) is 37.8 Å². The summed E-state index contributed by atoms with van der Waals surface area (Å²) in [5.41, 5.74) is 0.898. The first-order valence-electron chi connectivity index (χ1n) is 8.89. The molecule has 0 saturated carbocycles. The summed E-state index contributed by atoms with van der Waals surface area (Å²) >= 11 is 0. The third-order valence-corrected chi connectivity index (χ3v) is 5.27. The van der Waals surface area contributed by atoms with E-state index in [1.165, 1.54) is 14.2 Å². The number of aromatic hydroxyl groups is 1. The predicted molar refractivity (Wildman–Crippen MR) is 93.0 cm³/mol. The first kappa shape index (κ1) is 18.5. The lowest BCUT2D eigenvalue weighted by Crippen LogP contribution is -2.30. The third-order valence-electron chi connectivity index (χ3n) is 5.27. The molecule has 2 aliphatic rings. The number of carbonyl (C=O) groups is 2. The average molecular weight is 363 g/mol. The second-order valence-corrected chi connectivity index (χ2v) is 6.83. The van der Waals surface area contributed by atoms with Crippen molar-refractivity contribution in [3.8, 4) is 11.5 Å². The second-order valence-electron chi connectivity index (χ2n) is 6.83. The minimum absolute atomic E-state index is 0.0746. The maximum absolute atomic E-state index is 12.2. The molecule has 1 aromatic rings. The first-order valence-corrected chi connectivity index (χ1v) is 8.89. The molecule has 0 radical (unpaired) electrons. The SMILES string of the molecule is COC(=O)[C@H]1CCN2C[C@@H](OC(=O)CCc3ccc(O)c(OC)c3)C[C@H]12. The van der Waals surface area contributed by atoms with Gasteiger partial charge in [-0.3, -0.25) is 14.5 Å². The van der Waals surface area contributed by atoms with Crippen molar-refractivity contribution in [2.24, 2.45) is 5.92 Å². The lowest BCUT2D eigenvalue weighted by Gasteiger charge is -2.17. The molecule has 3 rings (SSSR count). The van der Waals surface area contributed by atoms with Gasteiger partial charge in [-0.1, -0.05) is 6.07 Å². The van der Waals surface area contributed by atoms with Crippen LogP contribution in [0.4, 0.5) is 0 Å². The highest BCUT2D eigenvalue weighted by molar-refractivity contribution is 5.74. The zero-order chi connectivity index (χ0) is 18.7. The van der Waals surface area contributed by atoms with Crippen molar-refractivity contribution in [3.63, 3.8) is 0 Å². The number of fused-ring (bicyclic) bond motifs is 1. The Morgan fingerprint density at radius 3 is 2.85 bits per heavy atom. The molecular formula is C19H25NO6. The number of hydrogen-bond donors (Lipinski definition) is 1. The van der Waals surface area contributed by atoms with Gasteiger partial charge >= 0.3 is 11.9 Å². The van der Waals surface area contributed by atoms with Crippen LogP contribution in [0.3, 0.4) is 0 Å². The van der Waals surface area contributed by atoms with Gasteiger partial charge in [-0.25, -0.2) is 0 Å². The predicted octanol–water partition coefficient (Wildman–Crippen LogP) is 1.51. The number of methoxy groups -OCH3 is 2. The van der Waals surface area contributed by atoms with Crippen molar-refractivity contribution < 1.29 is 28.9 Å². The smallest absolute Gasteiger partial charge is 0.310 e. The van der Waals surface area contributed by atoms with Gasteiger partial charge in [-0.05, 0) is 37.1 Å². The van der Waals surface area contributed by atoms with Gasteiger partial charge in [0, 0.05) is 25.4 Å². The number of phenols is 1. The fraction of sp³-hybridized carbons (Fsp3) is 0.579. The fourth-order valence-electron chi connectivity index (χ4n) is 3.94. The maximum atomic E-state index is 12.2. The van der Waals surface area contributed by atoms with E-state index in [0.29, 0.717) is 25.1 Å². The molecule has 0 unspecified atom stereocenters. The van der Waals surface area contributed by atoms with Crippen LogP contribution in [0.2, 0.25) is 0 Å². The third kappa shape index (κ3) is 3.93. The summed E-state index contributed by atoms with van der Waals surface area (Å²) in [5, 5.41) is 9.60. The maximum Gasteiger partial charge on any atom is 0.310 e. The molecule has 0 aromatic heterocycles. The van der Waals surface area contributed by atoms with E-state index in [1.54, 1.807) is 18.2 Å². The number of phenolic OH excluding ortho intramolecular Hbond substituents is 1. The van der Waals surface area contributed by atoms with E-state index in [0.717, 1.165) is 18.5 Å². The van der Waals surface area contributed by atoms with E-state index >= 15 is 0 Å². The Bertz CT molecular complexity index is 676. The van der Waals surface area contributed by atoms with Crippen LogP contribution in [0.5, 0.6) is 11.5 Å². The van der Waals surface area contributed by atoms with Crippen LogP contribution >= 0.6 is 0 Å². The number of hydrogen-bond acceptors (Lipinski definition) is 7. The lowest BCUT2D eigenvalue weighted by atomic mass is 9.98. The van der Waals surface area contributed by atoms with Crippen LogP contribution in [0.1, 0.15) is 24.8 Å². The van der Waals surface area contributed by atoms with Crippen LogP contribution < -0.4 is 4.74 Å². The molecule has 26 heavy (non-hydrogen) atoms. The highest BCUT2D eigenvalue weighted by Crippen LogP contribution is 2.35. The zero-order valence-corrected chi connectivity index (χ0v) is 15.1. The molecule has 2 fully saturated rings. The van der Waals surface area contributed by atoms with Crippen molar-refractivity contribution in [2.75, 3.05) is 27.3 Å². The largest absolute Gasteiger partial charge is 0.504 e. The second kappa shape index (κ2) is 7.95. The molecule has 142 valence electrons. The fourth-order valence-corrected chi connectivity index (χ4v) is 3.94.